The van der Waals surface area contributed by atoms with E-state index in [1.807, 2.05) is 49.6 Å². The lowest BCUT2D eigenvalue weighted by Crippen LogP contribution is -2.58. The number of nitrogens with zero attached hydrogens (tertiary/aromatic N) is 1. The number of ether oxygens (including phenoxy) is 1. The molecule has 1 aromatic carbocycles. The summed E-state index contributed by atoms with van der Waals surface area (Å²) >= 11 is 1.55. The fourth-order valence-electron chi connectivity index (χ4n) is 5.08. The summed E-state index contributed by atoms with van der Waals surface area (Å²) < 4.78 is 17.3. The van der Waals surface area contributed by atoms with Gasteiger partial charge in [-0.25, -0.2) is 4.39 Å². The monoisotopic (exact) mass is 558 g/mol. The maximum Gasteiger partial charge on any atom is 0.250 e. The first kappa shape index (κ1) is 28.7. The Morgan fingerprint density at radius 3 is 2.72 bits per heavy atom. The summed E-state index contributed by atoms with van der Waals surface area (Å²) in [5.41, 5.74) is 2.65. The molecular formula is C28H35FN4O5S. The van der Waals surface area contributed by atoms with E-state index < -0.39 is 36.6 Å². The van der Waals surface area contributed by atoms with E-state index in [0.717, 1.165) is 21.7 Å². The average Bonchev–Trinajstić information content (AvgIpc) is 3.57. The first-order chi connectivity index (χ1) is 18.8. The minimum absolute atomic E-state index is 0.204. The summed E-state index contributed by atoms with van der Waals surface area (Å²) in [7, 11) is 0. The van der Waals surface area contributed by atoms with Crippen molar-refractivity contribution in [2.24, 2.45) is 5.92 Å². The van der Waals surface area contributed by atoms with Crippen LogP contribution in [0.3, 0.4) is 0 Å². The summed E-state index contributed by atoms with van der Waals surface area (Å²) in [6.07, 6.45) is 1.92. The lowest BCUT2D eigenvalue weighted by Gasteiger charge is -2.30. The summed E-state index contributed by atoms with van der Waals surface area (Å²) in [6.45, 7) is 2.84. The fraction of sp³-hybridized carbons (Fsp3) is 0.500. The van der Waals surface area contributed by atoms with Gasteiger partial charge in [-0.05, 0) is 41.3 Å². The van der Waals surface area contributed by atoms with Gasteiger partial charge in [0.15, 0.2) is 0 Å². The van der Waals surface area contributed by atoms with E-state index in [1.54, 1.807) is 16.2 Å². The van der Waals surface area contributed by atoms with Gasteiger partial charge in [-0.2, -0.15) is 0 Å². The standard InChI is InChI=1S/C28H35FN4O5S/c1-3-17(2)24(32-23(34)16-38-12-11-29)27(36)31-21-10-9-18-6-4-7-19-14-22(33(25(18)19)28(21)37)26(35)30-15-20-8-5-13-39-20/h4-8,13,17,21-22,24H,3,9-12,14-16H2,1-2H3,(H,30,35)(H,31,36)(H,32,34)/t17-,21-,22-,24-/m0/s1. The van der Waals surface area contributed by atoms with Crippen LogP contribution in [0.25, 0.3) is 0 Å². The molecule has 4 rings (SSSR count). The molecule has 1 aromatic heterocycles. The van der Waals surface area contributed by atoms with Crippen molar-refractivity contribution in [2.45, 2.75) is 64.2 Å². The predicted octanol–water partition coefficient (Wildman–Crippen LogP) is 2.27. The normalized spacial score (nSPS) is 19.6. The predicted molar refractivity (Wildman–Crippen MR) is 146 cm³/mol. The summed E-state index contributed by atoms with van der Waals surface area (Å²) in [5.74, 6) is -1.82. The van der Waals surface area contributed by atoms with Crippen LogP contribution in [0, 0.1) is 5.92 Å². The topological polar surface area (TPSA) is 117 Å². The molecule has 4 amide bonds. The van der Waals surface area contributed by atoms with E-state index >= 15 is 0 Å². The van der Waals surface area contributed by atoms with E-state index in [0.29, 0.717) is 32.2 Å². The zero-order valence-corrected chi connectivity index (χ0v) is 23.0. The fourth-order valence-corrected chi connectivity index (χ4v) is 5.72. The van der Waals surface area contributed by atoms with Gasteiger partial charge < -0.3 is 20.7 Å². The number of nitrogens with one attached hydrogen (secondary N) is 3. The Hall–Kier alpha value is -3.31. The molecule has 3 N–H and O–H groups in total. The number of benzene rings is 1. The SMILES string of the molecule is CC[C@H](C)[C@H](NC(=O)COCCF)C(=O)N[C@H]1CCc2cccc3c2N(C1=O)[C@H](C(=O)NCc1cccs1)C3. The maximum absolute atomic E-state index is 13.9. The zero-order valence-electron chi connectivity index (χ0n) is 22.2. The van der Waals surface area contributed by atoms with Gasteiger partial charge in [0.1, 0.15) is 31.4 Å². The van der Waals surface area contributed by atoms with Crippen molar-refractivity contribution >= 4 is 40.7 Å². The van der Waals surface area contributed by atoms with Crippen molar-refractivity contribution < 1.29 is 28.3 Å². The Morgan fingerprint density at radius 1 is 1.21 bits per heavy atom. The molecule has 3 heterocycles. The van der Waals surface area contributed by atoms with Crippen LogP contribution in [0.4, 0.5) is 10.1 Å². The minimum Gasteiger partial charge on any atom is -0.369 e. The van der Waals surface area contributed by atoms with Crippen LogP contribution < -0.4 is 20.9 Å². The van der Waals surface area contributed by atoms with E-state index in [9.17, 15) is 23.6 Å². The quantitative estimate of drug-likeness (QED) is 0.346. The van der Waals surface area contributed by atoms with Gasteiger partial charge in [-0.1, -0.05) is 44.5 Å². The highest BCUT2D eigenvalue weighted by Gasteiger charge is 2.44. The number of carbonyl (C=O) groups excluding carboxylic acids is 4. The van der Waals surface area contributed by atoms with Crippen LogP contribution in [-0.2, 0) is 43.3 Å². The molecule has 0 aliphatic carbocycles. The number of thiophene rings is 1. The van der Waals surface area contributed by atoms with Gasteiger partial charge in [0.05, 0.1) is 18.8 Å². The number of hydrogen-bond acceptors (Lipinski definition) is 6. The highest BCUT2D eigenvalue weighted by atomic mass is 32.1. The molecular weight excluding hydrogens is 523 g/mol. The number of hydrogen-bond donors (Lipinski definition) is 3. The molecule has 0 spiro atoms. The zero-order chi connectivity index (χ0) is 27.9. The largest absolute Gasteiger partial charge is 0.369 e. The van der Waals surface area contributed by atoms with E-state index in [-0.39, 0.29) is 30.9 Å². The molecule has 4 atom stereocenters. The lowest BCUT2D eigenvalue weighted by molar-refractivity contribution is -0.134. The second-order valence-electron chi connectivity index (χ2n) is 9.92. The smallest absolute Gasteiger partial charge is 0.250 e. The van der Waals surface area contributed by atoms with Gasteiger partial charge >= 0.3 is 0 Å². The van der Waals surface area contributed by atoms with Crippen molar-refractivity contribution in [1.82, 2.24) is 16.0 Å². The van der Waals surface area contributed by atoms with Gasteiger partial charge in [-0.15, -0.1) is 11.3 Å². The first-order valence-electron chi connectivity index (χ1n) is 13.3. The van der Waals surface area contributed by atoms with Crippen molar-refractivity contribution in [2.75, 3.05) is 24.8 Å². The first-order valence-corrected chi connectivity index (χ1v) is 14.2. The number of alkyl halides is 1. The summed E-state index contributed by atoms with van der Waals surface area (Å²) in [4.78, 5) is 55.5. The molecule has 9 nitrogen and oxygen atoms in total. The Bertz CT molecular complexity index is 1190. The van der Waals surface area contributed by atoms with Gasteiger partial charge in [0.25, 0.3) is 0 Å². The van der Waals surface area contributed by atoms with E-state index in [2.05, 4.69) is 16.0 Å². The van der Waals surface area contributed by atoms with Crippen molar-refractivity contribution in [3.8, 4) is 0 Å². The highest BCUT2D eigenvalue weighted by molar-refractivity contribution is 7.09. The van der Waals surface area contributed by atoms with Crippen LogP contribution >= 0.6 is 11.3 Å². The summed E-state index contributed by atoms with van der Waals surface area (Å²) in [6, 6.07) is 7.20. The molecule has 0 saturated carbocycles. The van der Waals surface area contributed by atoms with Crippen molar-refractivity contribution in [3.05, 3.63) is 51.7 Å². The van der Waals surface area contributed by atoms with Crippen molar-refractivity contribution in [3.63, 3.8) is 0 Å². The van der Waals surface area contributed by atoms with Gasteiger partial charge in [-0.3, -0.25) is 24.1 Å². The third-order valence-corrected chi connectivity index (χ3v) is 8.19. The van der Waals surface area contributed by atoms with Gasteiger partial charge in [0, 0.05) is 11.3 Å². The molecule has 210 valence electrons. The van der Waals surface area contributed by atoms with Gasteiger partial charge in [0.2, 0.25) is 23.6 Å². The lowest BCUT2D eigenvalue weighted by atomic mass is 9.97. The van der Waals surface area contributed by atoms with Crippen LogP contribution in [0.2, 0.25) is 0 Å². The maximum atomic E-state index is 13.9. The number of amides is 4. The molecule has 39 heavy (non-hydrogen) atoms. The van der Waals surface area contributed by atoms with Crippen LogP contribution in [-0.4, -0.2) is 61.6 Å². The van der Waals surface area contributed by atoms with E-state index in [4.69, 9.17) is 4.74 Å². The highest BCUT2D eigenvalue weighted by Crippen LogP contribution is 2.39. The molecule has 2 aliphatic heterocycles. The Morgan fingerprint density at radius 2 is 2.00 bits per heavy atom. The van der Waals surface area contributed by atoms with Crippen molar-refractivity contribution in [1.29, 1.82) is 0 Å². The molecule has 11 heteroatoms. The Labute approximate surface area is 231 Å². The second-order valence-corrected chi connectivity index (χ2v) is 11.0. The molecule has 0 unspecified atom stereocenters. The third-order valence-electron chi connectivity index (χ3n) is 7.31. The molecule has 0 radical (unpaired) electrons. The molecule has 2 aromatic rings. The molecule has 0 saturated heterocycles. The number of carbonyl (C=O) groups is 4. The molecule has 0 bridgehead atoms. The Balaban J connectivity index is 1.50. The average molecular weight is 559 g/mol. The van der Waals surface area contributed by atoms with Crippen LogP contribution in [0.15, 0.2) is 35.7 Å². The van der Waals surface area contributed by atoms with Crippen LogP contribution in [0.5, 0.6) is 0 Å². The third kappa shape index (κ3) is 6.65. The number of anilines is 1. The molecule has 0 fully saturated rings. The van der Waals surface area contributed by atoms with E-state index in [1.165, 1.54) is 0 Å². The summed E-state index contributed by atoms with van der Waals surface area (Å²) in [5, 5.41) is 10.4. The number of para-hydroxylation sites is 1. The van der Waals surface area contributed by atoms with Crippen LogP contribution in [0.1, 0.15) is 42.7 Å². The number of halogens is 1. The Kier molecular flexibility index (Phi) is 9.68. The number of aryl methyl sites for hydroxylation is 1. The minimum atomic E-state index is -0.895. The second kappa shape index (κ2) is 13.2. The number of rotatable bonds is 12. The molecule has 2 aliphatic rings.